The van der Waals surface area contributed by atoms with Crippen LogP contribution in [0.25, 0.3) is 0 Å². The molecule has 0 spiro atoms. The van der Waals surface area contributed by atoms with E-state index in [0.29, 0.717) is 31.4 Å². The molecule has 1 fully saturated rings. The van der Waals surface area contributed by atoms with Gasteiger partial charge >= 0.3 is 6.03 Å². The Labute approximate surface area is 189 Å². The number of amides is 3. The highest BCUT2D eigenvalue weighted by Gasteiger charge is 2.32. The first-order valence-corrected chi connectivity index (χ1v) is 10.9. The molecule has 2 heterocycles. The van der Waals surface area contributed by atoms with Crippen LogP contribution in [0.2, 0.25) is 0 Å². The second-order valence-electron chi connectivity index (χ2n) is 8.26. The minimum Gasteiger partial charge on any atom is -0.313 e. The van der Waals surface area contributed by atoms with Crippen LogP contribution in [0.3, 0.4) is 0 Å². The zero-order chi connectivity index (χ0) is 22.5. The number of anilines is 2. The van der Waals surface area contributed by atoms with Gasteiger partial charge in [-0.25, -0.2) is 9.78 Å². The van der Waals surface area contributed by atoms with Gasteiger partial charge in [-0.3, -0.25) is 14.6 Å². The molecular weight excluding hydrogens is 400 g/mol. The summed E-state index contributed by atoms with van der Waals surface area (Å²) in [5.41, 5.74) is 3.10. The van der Waals surface area contributed by atoms with E-state index in [0.717, 1.165) is 11.3 Å². The van der Waals surface area contributed by atoms with E-state index >= 15 is 0 Å². The molecule has 0 bridgehead atoms. The minimum atomic E-state index is -0.155. The quantitative estimate of drug-likeness (QED) is 0.549. The topological polar surface area (TPSA) is 56.8 Å². The van der Waals surface area contributed by atoms with Crippen LogP contribution in [0, 0.1) is 0 Å². The van der Waals surface area contributed by atoms with Crippen LogP contribution in [-0.2, 0) is 11.3 Å². The van der Waals surface area contributed by atoms with Crippen molar-refractivity contribution < 1.29 is 9.59 Å². The van der Waals surface area contributed by atoms with Gasteiger partial charge in [0.2, 0.25) is 5.91 Å². The molecule has 0 radical (unpaired) electrons. The summed E-state index contributed by atoms with van der Waals surface area (Å²) in [5, 5.41) is 0. The summed E-state index contributed by atoms with van der Waals surface area (Å²) < 4.78 is 0. The van der Waals surface area contributed by atoms with Gasteiger partial charge in [0.1, 0.15) is 12.4 Å². The van der Waals surface area contributed by atoms with Crippen molar-refractivity contribution in [3.05, 3.63) is 90.1 Å². The molecule has 0 saturated carbocycles. The van der Waals surface area contributed by atoms with E-state index in [-0.39, 0.29) is 18.5 Å². The van der Waals surface area contributed by atoms with Crippen molar-refractivity contribution in [3.8, 4) is 0 Å². The van der Waals surface area contributed by atoms with Crippen molar-refractivity contribution in [3.63, 3.8) is 0 Å². The summed E-state index contributed by atoms with van der Waals surface area (Å²) in [5.74, 6) is 0.863. The maximum Gasteiger partial charge on any atom is 0.325 e. The largest absolute Gasteiger partial charge is 0.325 e. The van der Waals surface area contributed by atoms with E-state index < -0.39 is 0 Å². The molecule has 164 valence electrons. The molecule has 1 saturated heterocycles. The average molecular weight is 429 g/mol. The fourth-order valence-corrected chi connectivity index (χ4v) is 3.83. The van der Waals surface area contributed by atoms with Crippen molar-refractivity contribution in [2.24, 2.45) is 0 Å². The maximum absolute atomic E-state index is 13.3. The molecule has 0 atom stereocenters. The third-order valence-corrected chi connectivity index (χ3v) is 5.70. The summed E-state index contributed by atoms with van der Waals surface area (Å²) in [6.45, 7) is 5.79. The van der Waals surface area contributed by atoms with Crippen LogP contribution in [0.5, 0.6) is 0 Å². The highest BCUT2D eigenvalue weighted by Crippen LogP contribution is 2.24. The van der Waals surface area contributed by atoms with E-state index in [1.54, 1.807) is 20.9 Å². The molecule has 1 aromatic heterocycles. The molecule has 0 aliphatic carbocycles. The minimum absolute atomic E-state index is 0.0167. The number of rotatable bonds is 7. The Kier molecular flexibility index (Phi) is 6.50. The predicted octanol–water partition coefficient (Wildman–Crippen LogP) is 4.68. The lowest BCUT2D eigenvalue weighted by Gasteiger charge is -2.25. The van der Waals surface area contributed by atoms with Crippen molar-refractivity contribution in [1.29, 1.82) is 0 Å². The van der Waals surface area contributed by atoms with Crippen LogP contribution in [0.4, 0.5) is 16.3 Å². The van der Waals surface area contributed by atoms with E-state index in [9.17, 15) is 9.59 Å². The molecule has 3 amide bonds. The van der Waals surface area contributed by atoms with Gasteiger partial charge < -0.3 is 4.90 Å². The standard InChI is InChI=1S/C26H28N4O2/c1-20(2)22-11-13-23(14-12-22)29-17-16-28(26(29)32)19-25(31)30(24-10-6-7-15-27-24)18-21-8-4-3-5-9-21/h3-15,20H,16-19H2,1-2H3. The Morgan fingerprint density at radius 2 is 1.69 bits per heavy atom. The average Bonchev–Trinajstić information content (AvgIpc) is 3.18. The summed E-state index contributed by atoms with van der Waals surface area (Å²) >= 11 is 0. The lowest BCUT2D eigenvalue weighted by atomic mass is 10.0. The fraction of sp³-hybridized carbons (Fsp3) is 0.269. The van der Waals surface area contributed by atoms with Gasteiger partial charge in [-0.05, 0) is 41.3 Å². The molecule has 2 aromatic carbocycles. The van der Waals surface area contributed by atoms with E-state index in [2.05, 4.69) is 31.0 Å². The fourth-order valence-electron chi connectivity index (χ4n) is 3.83. The zero-order valence-corrected chi connectivity index (χ0v) is 18.5. The predicted molar refractivity (Wildman–Crippen MR) is 127 cm³/mol. The molecule has 6 nitrogen and oxygen atoms in total. The summed E-state index contributed by atoms with van der Waals surface area (Å²) in [4.78, 5) is 35.7. The molecule has 1 aliphatic heterocycles. The third kappa shape index (κ3) is 4.80. The highest BCUT2D eigenvalue weighted by atomic mass is 16.2. The molecule has 0 unspecified atom stereocenters. The summed E-state index contributed by atoms with van der Waals surface area (Å²) in [7, 11) is 0. The van der Waals surface area contributed by atoms with E-state index in [4.69, 9.17) is 0 Å². The second kappa shape index (κ2) is 9.64. The second-order valence-corrected chi connectivity index (χ2v) is 8.26. The Bertz CT molecular complexity index is 1050. The van der Waals surface area contributed by atoms with E-state index in [1.807, 2.05) is 60.7 Å². The Balaban J connectivity index is 1.48. The molecule has 6 heteroatoms. The highest BCUT2D eigenvalue weighted by molar-refractivity contribution is 6.00. The number of carbonyl (C=O) groups excluding carboxylic acids is 2. The molecule has 3 aromatic rings. The van der Waals surface area contributed by atoms with Crippen LogP contribution in [0.1, 0.15) is 30.9 Å². The van der Waals surface area contributed by atoms with Crippen LogP contribution >= 0.6 is 0 Å². The van der Waals surface area contributed by atoms with E-state index in [1.165, 1.54) is 5.56 Å². The van der Waals surface area contributed by atoms with Crippen molar-refractivity contribution in [2.75, 3.05) is 29.4 Å². The summed E-state index contributed by atoms with van der Waals surface area (Å²) in [6.07, 6.45) is 1.67. The smallest absolute Gasteiger partial charge is 0.313 e. The Hall–Kier alpha value is -3.67. The van der Waals surface area contributed by atoms with Gasteiger partial charge in [-0.1, -0.05) is 62.4 Å². The van der Waals surface area contributed by atoms with Crippen molar-refractivity contribution in [1.82, 2.24) is 9.88 Å². The third-order valence-electron chi connectivity index (χ3n) is 5.70. The van der Waals surface area contributed by atoms with Gasteiger partial charge in [-0.2, -0.15) is 0 Å². The Morgan fingerprint density at radius 1 is 0.969 bits per heavy atom. The molecule has 1 aliphatic rings. The van der Waals surface area contributed by atoms with Gasteiger partial charge in [0.05, 0.1) is 6.54 Å². The Morgan fingerprint density at radius 3 is 2.34 bits per heavy atom. The van der Waals surface area contributed by atoms with Crippen LogP contribution in [-0.4, -0.2) is 41.5 Å². The van der Waals surface area contributed by atoms with Gasteiger partial charge in [-0.15, -0.1) is 0 Å². The van der Waals surface area contributed by atoms with Crippen molar-refractivity contribution >= 4 is 23.4 Å². The van der Waals surface area contributed by atoms with Crippen LogP contribution < -0.4 is 9.80 Å². The number of aromatic nitrogens is 1. The lowest BCUT2D eigenvalue weighted by Crippen LogP contribution is -2.42. The first-order valence-electron chi connectivity index (χ1n) is 10.9. The van der Waals surface area contributed by atoms with Crippen molar-refractivity contribution in [2.45, 2.75) is 26.3 Å². The number of urea groups is 1. The van der Waals surface area contributed by atoms with Gasteiger partial charge in [0, 0.05) is 25.0 Å². The normalized spacial score (nSPS) is 13.7. The number of carbonyl (C=O) groups is 2. The number of pyridine rings is 1. The monoisotopic (exact) mass is 428 g/mol. The first-order chi connectivity index (χ1) is 15.5. The van der Waals surface area contributed by atoms with Gasteiger partial charge in [0.25, 0.3) is 0 Å². The maximum atomic E-state index is 13.3. The number of hydrogen-bond acceptors (Lipinski definition) is 3. The molecular formula is C26H28N4O2. The number of hydrogen-bond donors (Lipinski definition) is 0. The molecule has 0 N–H and O–H groups in total. The number of nitrogens with zero attached hydrogens (tertiary/aromatic N) is 4. The van der Waals surface area contributed by atoms with Gasteiger partial charge in [0.15, 0.2) is 0 Å². The molecule has 32 heavy (non-hydrogen) atoms. The number of benzene rings is 2. The van der Waals surface area contributed by atoms with Crippen LogP contribution in [0.15, 0.2) is 79.0 Å². The first kappa shape index (κ1) is 21.6. The molecule has 4 rings (SSSR count). The lowest BCUT2D eigenvalue weighted by molar-refractivity contribution is -0.119. The zero-order valence-electron chi connectivity index (χ0n) is 18.5. The SMILES string of the molecule is CC(C)c1ccc(N2CCN(CC(=O)N(Cc3ccccc3)c3ccccn3)C2=O)cc1. The summed E-state index contributed by atoms with van der Waals surface area (Å²) in [6, 6.07) is 23.2.